The first kappa shape index (κ1) is 27.0. The number of amides is 1. The summed E-state index contributed by atoms with van der Waals surface area (Å²) in [4.78, 5) is 22.5. The van der Waals surface area contributed by atoms with E-state index in [0.29, 0.717) is 26.7 Å². The second kappa shape index (κ2) is 12.5. The fourth-order valence-electron chi connectivity index (χ4n) is 4.38. The van der Waals surface area contributed by atoms with Crippen LogP contribution in [0.15, 0.2) is 39.9 Å². The maximum atomic E-state index is 12.7. The number of nitrogen functional groups attached to an aromatic ring is 1. The van der Waals surface area contributed by atoms with E-state index in [1.165, 1.54) is 24.0 Å². The van der Waals surface area contributed by atoms with Crippen LogP contribution in [0.3, 0.4) is 0 Å². The summed E-state index contributed by atoms with van der Waals surface area (Å²) in [5, 5.41) is 7.57. The minimum atomic E-state index is -1.21. The molecule has 1 aliphatic heterocycles. The van der Waals surface area contributed by atoms with Crippen LogP contribution in [0.1, 0.15) is 57.2 Å². The normalized spacial score (nSPS) is 13.5. The van der Waals surface area contributed by atoms with E-state index in [2.05, 4.69) is 44.2 Å². The summed E-state index contributed by atoms with van der Waals surface area (Å²) in [6.07, 6.45) is 7.08. The van der Waals surface area contributed by atoms with Gasteiger partial charge >= 0.3 is 0 Å². The summed E-state index contributed by atoms with van der Waals surface area (Å²) >= 11 is 1.27. The minimum absolute atomic E-state index is 0.185. The standard InChI is InChI=1S/C27H34N6O2S2/c1-4-5-10-20-13-14-22-24(21-11-6-7-12-23(21)32-25(22)28)33(20)16-9-8-15-29-17-37(35)26-18(2)30-27(36-26)31-19(3)34/h6-7,11-12,14,29H,4-5,8-10,15-17H2,1-3H3,(H2,28,32)(H,30,31,34). The van der Waals surface area contributed by atoms with Crippen LogP contribution in [0, 0.1) is 6.92 Å². The monoisotopic (exact) mass is 538 g/mol. The van der Waals surface area contributed by atoms with E-state index >= 15 is 0 Å². The molecule has 1 atom stereocenters. The van der Waals surface area contributed by atoms with Crippen LogP contribution in [-0.2, 0) is 15.6 Å². The molecule has 0 radical (unpaired) electrons. The highest BCUT2D eigenvalue weighted by Crippen LogP contribution is 2.39. The highest BCUT2D eigenvalue weighted by molar-refractivity contribution is 7.87. The van der Waals surface area contributed by atoms with Crippen molar-refractivity contribution in [3.8, 4) is 0 Å². The number of nitrogens with zero attached hydrogens (tertiary/aromatic N) is 3. The number of benzene rings is 1. The number of anilines is 3. The number of nitrogens with two attached hydrogens (primary N) is 1. The number of aryl methyl sites for hydroxylation is 1. The van der Waals surface area contributed by atoms with Gasteiger partial charge in [0.25, 0.3) is 0 Å². The van der Waals surface area contributed by atoms with Crippen molar-refractivity contribution in [3.63, 3.8) is 0 Å². The molecule has 37 heavy (non-hydrogen) atoms. The molecule has 1 aliphatic rings. The highest BCUT2D eigenvalue weighted by Gasteiger charge is 2.23. The fraction of sp³-hybridized carbons (Fsp3) is 0.407. The molecule has 196 valence electrons. The SMILES string of the molecule is CCCCC1=C=Cc2c(N)nc3ccccc3c2N1CCCCNCS(=O)c1sc(NC(C)=O)nc1C. The van der Waals surface area contributed by atoms with Crippen molar-refractivity contribution < 1.29 is 9.00 Å². The fourth-order valence-corrected chi connectivity index (χ4v) is 6.74. The second-order valence-electron chi connectivity index (χ2n) is 9.04. The van der Waals surface area contributed by atoms with Crippen molar-refractivity contribution >= 4 is 61.7 Å². The lowest BCUT2D eigenvalue weighted by atomic mass is 10.0. The third-order valence-corrected chi connectivity index (χ3v) is 8.99. The lowest BCUT2D eigenvalue weighted by molar-refractivity contribution is -0.114. The van der Waals surface area contributed by atoms with Crippen molar-refractivity contribution in [2.45, 2.75) is 57.1 Å². The summed E-state index contributed by atoms with van der Waals surface area (Å²) < 4.78 is 13.4. The molecule has 0 spiro atoms. The number of allylic oxidation sites excluding steroid dienone is 1. The molecule has 4 rings (SSSR count). The lowest BCUT2D eigenvalue weighted by Gasteiger charge is -2.31. The second-order valence-corrected chi connectivity index (χ2v) is 11.7. The first-order valence-corrected chi connectivity index (χ1v) is 14.8. The molecule has 3 aromatic rings. The average Bonchev–Trinajstić information content (AvgIpc) is 3.24. The minimum Gasteiger partial charge on any atom is -0.383 e. The first-order chi connectivity index (χ1) is 17.9. The van der Waals surface area contributed by atoms with Gasteiger partial charge in [-0.05, 0) is 51.3 Å². The number of nitrogens with one attached hydrogen (secondary N) is 2. The van der Waals surface area contributed by atoms with Crippen LogP contribution < -0.4 is 21.3 Å². The summed E-state index contributed by atoms with van der Waals surface area (Å²) in [5.74, 6) is 0.701. The van der Waals surface area contributed by atoms with Crippen LogP contribution in [0.25, 0.3) is 17.0 Å². The Morgan fingerprint density at radius 3 is 2.81 bits per heavy atom. The quantitative estimate of drug-likeness (QED) is 0.215. The third kappa shape index (κ3) is 6.45. The number of unbranched alkanes of at least 4 members (excludes halogenated alkanes) is 2. The van der Waals surface area contributed by atoms with Gasteiger partial charge in [0.1, 0.15) is 10.0 Å². The Kier molecular flexibility index (Phi) is 9.10. The van der Waals surface area contributed by atoms with Crippen molar-refractivity contribution in [1.82, 2.24) is 15.3 Å². The van der Waals surface area contributed by atoms with E-state index in [-0.39, 0.29) is 5.91 Å². The Hall–Kier alpha value is -3.04. The molecule has 3 heterocycles. The van der Waals surface area contributed by atoms with Crippen LogP contribution in [0.2, 0.25) is 0 Å². The molecule has 2 aromatic heterocycles. The number of thiazole rings is 1. The maximum absolute atomic E-state index is 12.7. The van der Waals surface area contributed by atoms with Gasteiger partial charge < -0.3 is 21.3 Å². The summed E-state index contributed by atoms with van der Waals surface area (Å²) in [5.41, 5.74) is 14.7. The van der Waals surface area contributed by atoms with Crippen LogP contribution in [0.4, 0.5) is 16.6 Å². The van der Waals surface area contributed by atoms with Crippen molar-refractivity contribution in [2.75, 3.05) is 34.9 Å². The number of carbonyl (C=O) groups is 1. The molecular formula is C27H34N6O2S2. The van der Waals surface area contributed by atoms with E-state index in [0.717, 1.165) is 67.3 Å². The molecule has 8 nitrogen and oxygen atoms in total. The van der Waals surface area contributed by atoms with E-state index in [9.17, 15) is 9.00 Å². The number of rotatable bonds is 12. The van der Waals surface area contributed by atoms with Crippen molar-refractivity contribution in [1.29, 1.82) is 0 Å². The predicted molar refractivity (Wildman–Crippen MR) is 154 cm³/mol. The van der Waals surface area contributed by atoms with E-state index in [1.54, 1.807) is 0 Å². The number of carbonyl (C=O) groups excluding carboxylic acids is 1. The maximum Gasteiger partial charge on any atom is 0.223 e. The van der Waals surface area contributed by atoms with Crippen molar-refractivity contribution in [2.24, 2.45) is 0 Å². The van der Waals surface area contributed by atoms with Crippen LogP contribution in [0.5, 0.6) is 0 Å². The van der Waals surface area contributed by atoms with E-state index in [4.69, 9.17) is 5.73 Å². The molecule has 0 bridgehead atoms. The van der Waals surface area contributed by atoms with Gasteiger partial charge in [-0.15, -0.1) is 0 Å². The first-order valence-electron chi connectivity index (χ1n) is 12.6. The number of hydrogen-bond donors (Lipinski definition) is 3. The molecule has 0 saturated carbocycles. The number of hydrogen-bond acceptors (Lipinski definition) is 8. The Morgan fingerprint density at radius 2 is 2.03 bits per heavy atom. The van der Waals surface area contributed by atoms with E-state index < -0.39 is 10.8 Å². The van der Waals surface area contributed by atoms with Gasteiger partial charge in [-0.2, -0.15) is 0 Å². The average molecular weight is 539 g/mol. The van der Waals surface area contributed by atoms with Gasteiger partial charge in [0.05, 0.1) is 39.3 Å². The number of fused-ring (bicyclic) bond motifs is 3. The summed E-state index contributed by atoms with van der Waals surface area (Å²) in [6, 6.07) is 8.15. The smallest absolute Gasteiger partial charge is 0.223 e. The van der Waals surface area contributed by atoms with Gasteiger partial charge in [-0.1, -0.05) is 48.6 Å². The van der Waals surface area contributed by atoms with Gasteiger partial charge in [0, 0.05) is 24.4 Å². The molecule has 1 aromatic carbocycles. The molecule has 0 saturated heterocycles. The third-order valence-electron chi connectivity index (χ3n) is 6.14. The molecule has 0 fully saturated rings. The number of para-hydroxylation sites is 1. The molecule has 0 aliphatic carbocycles. The number of pyridine rings is 1. The zero-order valence-electron chi connectivity index (χ0n) is 21.6. The number of aromatic nitrogens is 2. The van der Waals surface area contributed by atoms with Crippen LogP contribution >= 0.6 is 11.3 Å². The zero-order chi connectivity index (χ0) is 26.4. The Labute approximate surface area is 224 Å². The van der Waals surface area contributed by atoms with Gasteiger partial charge in [0.2, 0.25) is 5.91 Å². The lowest BCUT2D eigenvalue weighted by Crippen LogP contribution is -2.28. The summed E-state index contributed by atoms with van der Waals surface area (Å²) in [6.45, 7) is 7.05. The Morgan fingerprint density at radius 1 is 1.22 bits per heavy atom. The van der Waals surface area contributed by atoms with Gasteiger partial charge in [0.15, 0.2) is 5.13 Å². The molecule has 10 heteroatoms. The molecule has 1 amide bonds. The molecular weight excluding hydrogens is 504 g/mol. The molecule has 1 unspecified atom stereocenters. The topological polar surface area (TPSA) is 113 Å². The zero-order valence-corrected chi connectivity index (χ0v) is 23.2. The summed E-state index contributed by atoms with van der Waals surface area (Å²) in [7, 11) is -1.21. The Balaban J connectivity index is 1.37. The largest absolute Gasteiger partial charge is 0.383 e. The van der Waals surface area contributed by atoms with Crippen LogP contribution in [-0.4, -0.2) is 39.1 Å². The van der Waals surface area contributed by atoms with Crippen molar-refractivity contribution in [3.05, 3.63) is 47.0 Å². The predicted octanol–water partition coefficient (Wildman–Crippen LogP) is 5.18. The highest BCUT2D eigenvalue weighted by atomic mass is 32.2. The molecule has 4 N–H and O–H groups in total. The van der Waals surface area contributed by atoms with Gasteiger partial charge in [-0.3, -0.25) is 9.00 Å². The van der Waals surface area contributed by atoms with E-state index in [1.807, 2.05) is 31.2 Å². The van der Waals surface area contributed by atoms with Gasteiger partial charge in [-0.25, -0.2) is 9.97 Å². The Bertz CT molecular complexity index is 1380.